The second kappa shape index (κ2) is 5.98. The lowest BCUT2D eigenvalue weighted by molar-refractivity contribution is 0.634. The third-order valence-corrected chi connectivity index (χ3v) is 3.76. The van der Waals surface area contributed by atoms with Crippen molar-refractivity contribution in [1.82, 2.24) is 10.3 Å². The smallest absolute Gasteiger partial charge is 0.140 e. The molecule has 1 aliphatic rings. The average molecular weight is 349 g/mol. The van der Waals surface area contributed by atoms with Crippen molar-refractivity contribution < 1.29 is 0 Å². The van der Waals surface area contributed by atoms with E-state index in [1.807, 2.05) is 12.3 Å². The molecule has 0 bridgehead atoms. The molecule has 0 aromatic carbocycles. The van der Waals surface area contributed by atoms with Gasteiger partial charge in [0.05, 0.1) is 4.47 Å². The Balaban J connectivity index is 2.01. The second-order valence-electron chi connectivity index (χ2n) is 4.01. The molecule has 0 radical (unpaired) electrons. The fourth-order valence-electron chi connectivity index (χ4n) is 1.88. The summed E-state index contributed by atoms with van der Waals surface area (Å²) in [7, 11) is 0. The van der Waals surface area contributed by atoms with Crippen molar-refractivity contribution in [2.75, 3.05) is 18.4 Å². The summed E-state index contributed by atoms with van der Waals surface area (Å²) in [6, 6.07) is 2.55. The molecule has 3 nitrogen and oxygen atoms in total. The lowest BCUT2D eigenvalue weighted by Crippen LogP contribution is -2.22. The van der Waals surface area contributed by atoms with E-state index in [-0.39, 0.29) is 0 Å². The van der Waals surface area contributed by atoms with Gasteiger partial charge in [-0.15, -0.1) is 0 Å². The van der Waals surface area contributed by atoms with Crippen LogP contribution in [0.2, 0.25) is 0 Å². The van der Waals surface area contributed by atoms with Crippen LogP contribution in [0.5, 0.6) is 0 Å². The molecule has 1 unspecified atom stereocenters. The molecule has 16 heavy (non-hydrogen) atoms. The van der Waals surface area contributed by atoms with Crippen LogP contribution in [0.3, 0.4) is 0 Å². The Hall–Kier alpha value is -0.130. The molecule has 1 aliphatic heterocycles. The van der Waals surface area contributed by atoms with Crippen molar-refractivity contribution in [3.8, 4) is 0 Å². The standard InChI is InChI=1S/C11H15Br2N3/c12-8-6-10(13)11(15-7-8)16-9-2-1-4-14-5-3-9/h6-7,9,14H,1-5H2,(H,15,16). The quantitative estimate of drug-likeness (QED) is 0.861. The molecule has 1 aromatic rings. The zero-order chi connectivity index (χ0) is 11.4. The van der Waals surface area contributed by atoms with Gasteiger partial charge in [-0.2, -0.15) is 0 Å². The largest absolute Gasteiger partial charge is 0.366 e. The Morgan fingerprint density at radius 1 is 1.31 bits per heavy atom. The van der Waals surface area contributed by atoms with Gasteiger partial charge in [0, 0.05) is 16.7 Å². The first-order chi connectivity index (χ1) is 7.75. The van der Waals surface area contributed by atoms with Gasteiger partial charge in [-0.1, -0.05) is 0 Å². The zero-order valence-electron chi connectivity index (χ0n) is 8.97. The zero-order valence-corrected chi connectivity index (χ0v) is 12.1. The van der Waals surface area contributed by atoms with Crippen LogP contribution in [0.25, 0.3) is 0 Å². The van der Waals surface area contributed by atoms with E-state index in [2.05, 4.69) is 47.5 Å². The Bertz CT molecular complexity index is 349. The van der Waals surface area contributed by atoms with Crippen molar-refractivity contribution >= 4 is 37.7 Å². The van der Waals surface area contributed by atoms with Crippen molar-refractivity contribution in [3.05, 3.63) is 21.2 Å². The van der Waals surface area contributed by atoms with Gasteiger partial charge in [-0.3, -0.25) is 0 Å². The Morgan fingerprint density at radius 2 is 2.19 bits per heavy atom. The molecule has 2 N–H and O–H groups in total. The molecule has 1 saturated heterocycles. The SMILES string of the molecule is Brc1cnc(NC2CCCNCC2)c(Br)c1. The van der Waals surface area contributed by atoms with Crippen LogP contribution in [0, 0.1) is 0 Å². The molecule has 0 amide bonds. The average Bonchev–Trinajstić information content (AvgIpc) is 2.51. The number of nitrogens with zero attached hydrogens (tertiary/aromatic N) is 1. The van der Waals surface area contributed by atoms with Crippen LogP contribution in [0.1, 0.15) is 19.3 Å². The number of aromatic nitrogens is 1. The molecule has 0 saturated carbocycles. The van der Waals surface area contributed by atoms with Gasteiger partial charge in [0.25, 0.3) is 0 Å². The summed E-state index contributed by atoms with van der Waals surface area (Å²) in [5.74, 6) is 0.940. The summed E-state index contributed by atoms with van der Waals surface area (Å²) in [5, 5.41) is 6.90. The van der Waals surface area contributed by atoms with Crippen molar-refractivity contribution in [3.63, 3.8) is 0 Å². The maximum atomic E-state index is 4.38. The van der Waals surface area contributed by atoms with E-state index in [1.165, 1.54) is 12.8 Å². The number of nitrogens with one attached hydrogen (secondary N) is 2. The first-order valence-electron chi connectivity index (χ1n) is 5.54. The molecular weight excluding hydrogens is 334 g/mol. The first-order valence-corrected chi connectivity index (χ1v) is 7.12. The van der Waals surface area contributed by atoms with E-state index in [9.17, 15) is 0 Å². The highest BCUT2D eigenvalue weighted by Crippen LogP contribution is 2.25. The molecule has 5 heteroatoms. The number of hydrogen-bond donors (Lipinski definition) is 2. The molecule has 1 atom stereocenters. The Morgan fingerprint density at radius 3 is 3.00 bits per heavy atom. The van der Waals surface area contributed by atoms with Crippen LogP contribution >= 0.6 is 31.9 Å². The van der Waals surface area contributed by atoms with E-state index in [0.717, 1.165) is 34.3 Å². The minimum Gasteiger partial charge on any atom is -0.366 e. The lowest BCUT2D eigenvalue weighted by atomic mass is 10.1. The summed E-state index contributed by atoms with van der Waals surface area (Å²) in [5.41, 5.74) is 0. The number of halogens is 2. The molecule has 2 rings (SSSR count). The second-order valence-corrected chi connectivity index (χ2v) is 5.78. The van der Waals surface area contributed by atoms with E-state index < -0.39 is 0 Å². The third kappa shape index (κ3) is 3.43. The highest BCUT2D eigenvalue weighted by Gasteiger charge is 2.13. The maximum Gasteiger partial charge on any atom is 0.140 e. The van der Waals surface area contributed by atoms with Gasteiger partial charge in [-0.25, -0.2) is 4.98 Å². The minimum atomic E-state index is 0.528. The van der Waals surface area contributed by atoms with Crippen molar-refractivity contribution in [2.45, 2.75) is 25.3 Å². The van der Waals surface area contributed by atoms with Gasteiger partial charge >= 0.3 is 0 Å². The van der Waals surface area contributed by atoms with Gasteiger partial charge in [-0.05, 0) is 70.3 Å². The van der Waals surface area contributed by atoms with Crippen LogP contribution in [0.15, 0.2) is 21.2 Å². The molecule has 0 aliphatic carbocycles. The molecule has 1 fully saturated rings. The first kappa shape index (κ1) is 12.3. The summed E-state index contributed by atoms with van der Waals surface area (Å²) in [6.45, 7) is 2.22. The maximum absolute atomic E-state index is 4.38. The van der Waals surface area contributed by atoms with Crippen LogP contribution in [-0.2, 0) is 0 Å². The minimum absolute atomic E-state index is 0.528. The summed E-state index contributed by atoms with van der Waals surface area (Å²) in [6.07, 6.45) is 5.41. The number of rotatable bonds is 2. The predicted molar refractivity (Wildman–Crippen MR) is 73.8 cm³/mol. The third-order valence-electron chi connectivity index (χ3n) is 2.72. The highest BCUT2D eigenvalue weighted by atomic mass is 79.9. The van der Waals surface area contributed by atoms with Gasteiger partial charge in [0.2, 0.25) is 0 Å². The highest BCUT2D eigenvalue weighted by molar-refractivity contribution is 9.11. The molecule has 88 valence electrons. The van der Waals surface area contributed by atoms with Crippen molar-refractivity contribution in [1.29, 1.82) is 0 Å². The van der Waals surface area contributed by atoms with E-state index in [1.54, 1.807) is 0 Å². The number of anilines is 1. The van der Waals surface area contributed by atoms with Crippen LogP contribution in [0.4, 0.5) is 5.82 Å². The van der Waals surface area contributed by atoms with Gasteiger partial charge in [0.1, 0.15) is 5.82 Å². The van der Waals surface area contributed by atoms with Gasteiger partial charge < -0.3 is 10.6 Å². The van der Waals surface area contributed by atoms with E-state index >= 15 is 0 Å². The fraction of sp³-hybridized carbons (Fsp3) is 0.545. The summed E-state index contributed by atoms with van der Waals surface area (Å²) in [4.78, 5) is 4.38. The fourth-order valence-corrected chi connectivity index (χ4v) is 2.98. The lowest BCUT2D eigenvalue weighted by Gasteiger charge is -2.17. The summed E-state index contributed by atoms with van der Waals surface area (Å²) >= 11 is 6.93. The van der Waals surface area contributed by atoms with Crippen molar-refractivity contribution in [2.24, 2.45) is 0 Å². The monoisotopic (exact) mass is 347 g/mol. The normalized spacial score (nSPS) is 21.5. The van der Waals surface area contributed by atoms with E-state index in [0.29, 0.717) is 6.04 Å². The molecule has 0 spiro atoms. The number of hydrogen-bond acceptors (Lipinski definition) is 3. The van der Waals surface area contributed by atoms with Crippen LogP contribution in [-0.4, -0.2) is 24.1 Å². The Labute approximate surface area is 113 Å². The van der Waals surface area contributed by atoms with E-state index in [4.69, 9.17) is 0 Å². The Kier molecular flexibility index (Phi) is 4.61. The van der Waals surface area contributed by atoms with Gasteiger partial charge in [0.15, 0.2) is 0 Å². The van der Waals surface area contributed by atoms with Crippen LogP contribution < -0.4 is 10.6 Å². The predicted octanol–water partition coefficient (Wildman–Crippen LogP) is 3.16. The summed E-state index contributed by atoms with van der Waals surface area (Å²) < 4.78 is 2.01. The molecular formula is C11H15Br2N3. The topological polar surface area (TPSA) is 37.0 Å². The molecule has 1 aromatic heterocycles. The molecule has 2 heterocycles. The number of pyridine rings is 1.